The summed E-state index contributed by atoms with van der Waals surface area (Å²) in [4.78, 5) is 15.5. The standard InChI is InChI=1S/C14H11N3O2S2/c18-17(19)13-6-5-12(21-13)9-16-11-3-1-10(2-4-11)14-15-7-8-20-14/h1-8,16H,9H2. The zero-order valence-corrected chi connectivity index (χ0v) is 12.5. The summed E-state index contributed by atoms with van der Waals surface area (Å²) in [5, 5.41) is 17.0. The first kappa shape index (κ1) is 13.7. The third-order valence-corrected chi connectivity index (χ3v) is 4.72. The van der Waals surface area contributed by atoms with E-state index in [1.807, 2.05) is 29.6 Å². The molecule has 7 heteroatoms. The van der Waals surface area contributed by atoms with Crippen LogP contribution < -0.4 is 5.32 Å². The molecule has 106 valence electrons. The summed E-state index contributed by atoms with van der Waals surface area (Å²) >= 11 is 2.80. The van der Waals surface area contributed by atoms with Gasteiger partial charge in [-0.15, -0.1) is 11.3 Å². The van der Waals surface area contributed by atoms with Crippen molar-refractivity contribution in [2.45, 2.75) is 6.54 Å². The number of nitrogens with one attached hydrogen (secondary N) is 1. The van der Waals surface area contributed by atoms with E-state index in [1.165, 1.54) is 17.4 Å². The van der Waals surface area contributed by atoms with Gasteiger partial charge in [0.25, 0.3) is 0 Å². The van der Waals surface area contributed by atoms with E-state index < -0.39 is 0 Å². The van der Waals surface area contributed by atoms with Gasteiger partial charge in [-0.25, -0.2) is 4.98 Å². The number of anilines is 1. The molecule has 2 heterocycles. The van der Waals surface area contributed by atoms with Crippen LogP contribution in [0, 0.1) is 10.1 Å². The van der Waals surface area contributed by atoms with Crippen LogP contribution >= 0.6 is 22.7 Å². The fourth-order valence-corrected chi connectivity index (χ4v) is 3.25. The van der Waals surface area contributed by atoms with Gasteiger partial charge in [0.1, 0.15) is 5.01 Å². The summed E-state index contributed by atoms with van der Waals surface area (Å²) in [5.74, 6) is 0. The minimum Gasteiger partial charge on any atom is -0.380 e. The van der Waals surface area contributed by atoms with Crippen molar-refractivity contribution in [1.82, 2.24) is 4.98 Å². The number of thiazole rings is 1. The first-order chi connectivity index (χ1) is 10.2. The van der Waals surface area contributed by atoms with E-state index in [9.17, 15) is 10.1 Å². The smallest absolute Gasteiger partial charge is 0.324 e. The second kappa shape index (κ2) is 6.02. The summed E-state index contributed by atoms with van der Waals surface area (Å²) in [6.07, 6.45) is 1.79. The average molecular weight is 317 g/mol. The third-order valence-electron chi connectivity index (χ3n) is 2.86. The molecule has 0 bridgehead atoms. The summed E-state index contributed by atoms with van der Waals surface area (Å²) in [6, 6.07) is 11.3. The minimum atomic E-state index is -0.364. The van der Waals surface area contributed by atoms with Gasteiger partial charge >= 0.3 is 5.00 Å². The van der Waals surface area contributed by atoms with Gasteiger partial charge in [0.2, 0.25) is 0 Å². The van der Waals surface area contributed by atoms with E-state index in [0.29, 0.717) is 6.54 Å². The maximum Gasteiger partial charge on any atom is 0.324 e. The van der Waals surface area contributed by atoms with Crippen LogP contribution in [0.4, 0.5) is 10.7 Å². The van der Waals surface area contributed by atoms with Crippen LogP contribution in [-0.2, 0) is 6.54 Å². The lowest BCUT2D eigenvalue weighted by Gasteiger charge is -2.05. The minimum absolute atomic E-state index is 0.172. The van der Waals surface area contributed by atoms with Crippen molar-refractivity contribution < 1.29 is 4.92 Å². The molecule has 0 atom stereocenters. The van der Waals surface area contributed by atoms with E-state index >= 15 is 0 Å². The monoisotopic (exact) mass is 317 g/mol. The maximum absolute atomic E-state index is 10.6. The van der Waals surface area contributed by atoms with Crippen LogP contribution in [0.25, 0.3) is 10.6 Å². The lowest BCUT2D eigenvalue weighted by Crippen LogP contribution is -1.96. The van der Waals surface area contributed by atoms with Gasteiger partial charge < -0.3 is 5.32 Å². The van der Waals surface area contributed by atoms with E-state index in [0.717, 1.165) is 21.1 Å². The summed E-state index contributed by atoms with van der Waals surface area (Å²) < 4.78 is 0. The Kier molecular flexibility index (Phi) is 3.94. The van der Waals surface area contributed by atoms with Gasteiger partial charge in [-0.3, -0.25) is 10.1 Å². The first-order valence-corrected chi connectivity index (χ1v) is 7.89. The molecule has 0 aliphatic heterocycles. The lowest BCUT2D eigenvalue weighted by atomic mass is 10.2. The van der Waals surface area contributed by atoms with Gasteiger partial charge in [-0.05, 0) is 30.3 Å². The highest BCUT2D eigenvalue weighted by Crippen LogP contribution is 2.26. The number of thiophene rings is 1. The summed E-state index contributed by atoms with van der Waals surface area (Å²) in [7, 11) is 0. The topological polar surface area (TPSA) is 68.1 Å². The highest BCUT2D eigenvalue weighted by molar-refractivity contribution is 7.15. The Morgan fingerprint density at radius 3 is 2.62 bits per heavy atom. The second-order valence-corrected chi connectivity index (χ2v) is 6.31. The van der Waals surface area contributed by atoms with Crippen molar-refractivity contribution in [1.29, 1.82) is 0 Å². The van der Waals surface area contributed by atoms with E-state index in [1.54, 1.807) is 23.6 Å². The highest BCUT2D eigenvalue weighted by Gasteiger charge is 2.09. The Hall–Kier alpha value is -2.25. The van der Waals surface area contributed by atoms with Gasteiger partial charge in [0, 0.05) is 40.3 Å². The van der Waals surface area contributed by atoms with Gasteiger partial charge in [0.05, 0.1) is 4.92 Å². The zero-order chi connectivity index (χ0) is 14.7. The highest BCUT2D eigenvalue weighted by atomic mass is 32.1. The van der Waals surface area contributed by atoms with Gasteiger partial charge in [0.15, 0.2) is 0 Å². The molecule has 3 rings (SSSR count). The Balaban J connectivity index is 1.64. The largest absolute Gasteiger partial charge is 0.380 e. The molecule has 0 saturated heterocycles. The molecule has 1 aromatic carbocycles. The zero-order valence-electron chi connectivity index (χ0n) is 10.9. The molecular formula is C14H11N3O2S2. The van der Waals surface area contributed by atoms with Crippen molar-refractivity contribution in [2.75, 3.05) is 5.32 Å². The molecule has 0 saturated carbocycles. The van der Waals surface area contributed by atoms with Crippen LogP contribution in [0.1, 0.15) is 4.88 Å². The molecule has 1 N–H and O–H groups in total. The Labute approximate surface area is 129 Å². The predicted molar refractivity (Wildman–Crippen MR) is 85.9 cm³/mol. The molecule has 3 aromatic rings. The second-order valence-electron chi connectivity index (χ2n) is 4.27. The fourth-order valence-electron chi connectivity index (χ4n) is 1.85. The van der Waals surface area contributed by atoms with Crippen LogP contribution in [0.5, 0.6) is 0 Å². The van der Waals surface area contributed by atoms with E-state index in [4.69, 9.17) is 0 Å². The molecule has 0 amide bonds. The first-order valence-electron chi connectivity index (χ1n) is 6.19. The van der Waals surface area contributed by atoms with Crippen molar-refractivity contribution in [2.24, 2.45) is 0 Å². The number of nitro groups is 1. The van der Waals surface area contributed by atoms with E-state index in [-0.39, 0.29) is 9.92 Å². The molecule has 0 aliphatic carbocycles. The Morgan fingerprint density at radius 2 is 2.00 bits per heavy atom. The van der Waals surface area contributed by atoms with Gasteiger partial charge in [-0.1, -0.05) is 11.3 Å². The van der Waals surface area contributed by atoms with Crippen LogP contribution in [0.3, 0.4) is 0 Å². The predicted octanol–water partition coefficient (Wildman–Crippen LogP) is 4.39. The number of hydrogen-bond donors (Lipinski definition) is 1. The van der Waals surface area contributed by atoms with Crippen molar-refractivity contribution in [3.63, 3.8) is 0 Å². The normalized spacial score (nSPS) is 10.5. The molecule has 21 heavy (non-hydrogen) atoms. The number of benzene rings is 1. The number of hydrogen-bond acceptors (Lipinski definition) is 6. The SMILES string of the molecule is O=[N+]([O-])c1ccc(CNc2ccc(-c3nccs3)cc2)s1. The van der Waals surface area contributed by atoms with Crippen LogP contribution in [0.15, 0.2) is 48.0 Å². The van der Waals surface area contributed by atoms with Gasteiger partial charge in [-0.2, -0.15) is 0 Å². The quantitative estimate of drug-likeness (QED) is 0.559. The average Bonchev–Trinajstić information content (AvgIpc) is 3.17. The summed E-state index contributed by atoms with van der Waals surface area (Å²) in [5.41, 5.74) is 2.06. The van der Waals surface area contributed by atoms with Crippen LogP contribution in [-0.4, -0.2) is 9.91 Å². The molecule has 0 radical (unpaired) electrons. The Morgan fingerprint density at radius 1 is 1.19 bits per heavy atom. The fraction of sp³-hybridized carbons (Fsp3) is 0.0714. The lowest BCUT2D eigenvalue weighted by molar-refractivity contribution is -0.380. The third kappa shape index (κ3) is 3.26. The molecule has 0 aliphatic rings. The molecule has 2 aromatic heterocycles. The molecule has 0 spiro atoms. The van der Waals surface area contributed by atoms with E-state index in [2.05, 4.69) is 10.3 Å². The number of aromatic nitrogens is 1. The Bertz CT molecular complexity index is 736. The maximum atomic E-state index is 10.6. The summed E-state index contributed by atoms with van der Waals surface area (Å²) in [6.45, 7) is 0.578. The number of nitrogens with zero attached hydrogens (tertiary/aromatic N) is 2. The molecule has 0 unspecified atom stereocenters. The van der Waals surface area contributed by atoms with Crippen molar-refractivity contribution in [3.8, 4) is 10.6 Å². The van der Waals surface area contributed by atoms with Crippen molar-refractivity contribution in [3.05, 3.63) is 63.0 Å². The van der Waals surface area contributed by atoms with Crippen LogP contribution in [0.2, 0.25) is 0 Å². The number of rotatable bonds is 5. The molecule has 5 nitrogen and oxygen atoms in total. The molecular weight excluding hydrogens is 306 g/mol. The van der Waals surface area contributed by atoms with Crippen molar-refractivity contribution >= 4 is 33.4 Å². The molecule has 0 fully saturated rings.